The molecule has 1 atom stereocenters. The first-order valence-electron chi connectivity index (χ1n) is 3.38. The molecule has 0 aliphatic rings. The van der Waals surface area contributed by atoms with E-state index in [4.69, 9.17) is 0 Å². The number of hydrogen-bond acceptors (Lipinski definition) is 2. The predicted molar refractivity (Wildman–Crippen MR) is 41.5 cm³/mol. The van der Waals surface area contributed by atoms with Crippen LogP contribution in [-0.2, 0) is 4.79 Å². The van der Waals surface area contributed by atoms with Gasteiger partial charge in [-0.1, -0.05) is 6.07 Å². The van der Waals surface area contributed by atoms with Crippen LogP contribution in [0.25, 0.3) is 0 Å². The molecule has 1 amide bonds. The monoisotopic (exact) mass is 149 g/mol. The molecular formula is C8H9N2O. The van der Waals surface area contributed by atoms with E-state index in [1.807, 2.05) is 25.1 Å². The van der Waals surface area contributed by atoms with Crippen molar-refractivity contribution in [1.82, 2.24) is 10.3 Å². The molecule has 1 rings (SSSR count). The zero-order chi connectivity index (χ0) is 8.10. The van der Waals surface area contributed by atoms with E-state index in [1.165, 1.54) is 0 Å². The fourth-order valence-electron chi connectivity index (χ4n) is 0.794. The molecular weight excluding hydrogens is 140 g/mol. The van der Waals surface area contributed by atoms with Crippen molar-refractivity contribution in [3.05, 3.63) is 30.1 Å². The lowest BCUT2D eigenvalue weighted by atomic mass is 10.2. The fourth-order valence-corrected chi connectivity index (χ4v) is 0.794. The van der Waals surface area contributed by atoms with Crippen molar-refractivity contribution in [2.45, 2.75) is 13.0 Å². The van der Waals surface area contributed by atoms with Crippen LogP contribution in [0.3, 0.4) is 0 Å². The molecule has 3 nitrogen and oxygen atoms in total. The van der Waals surface area contributed by atoms with Gasteiger partial charge >= 0.3 is 6.41 Å². The van der Waals surface area contributed by atoms with Gasteiger partial charge in [-0.05, 0) is 19.1 Å². The highest BCUT2D eigenvalue weighted by Gasteiger charge is 2.02. The lowest BCUT2D eigenvalue weighted by Gasteiger charge is -2.06. The molecule has 0 spiro atoms. The third-order valence-electron chi connectivity index (χ3n) is 1.41. The molecule has 1 aromatic rings. The second-order valence-corrected chi connectivity index (χ2v) is 2.22. The summed E-state index contributed by atoms with van der Waals surface area (Å²) in [6.07, 6.45) is 3.32. The lowest BCUT2D eigenvalue weighted by molar-refractivity contribution is 0.527. The number of nitrogens with one attached hydrogen (secondary N) is 1. The van der Waals surface area contributed by atoms with E-state index in [9.17, 15) is 4.79 Å². The number of rotatable bonds is 3. The summed E-state index contributed by atoms with van der Waals surface area (Å²) in [7, 11) is 0. The Morgan fingerprint density at radius 1 is 1.64 bits per heavy atom. The summed E-state index contributed by atoms with van der Waals surface area (Å²) in [5.74, 6) is 0. The molecule has 0 fully saturated rings. The van der Waals surface area contributed by atoms with Gasteiger partial charge in [-0.3, -0.25) is 9.78 Å². The number of nitrogens with zero attached hydrogens (tertiary/aromatic N) is 1. The first-order valence-corrected chi connectivity index (χ1v) is 3.38. The Balaban J connectivity index is 2.68. The van der Waals surface area contributed by atoms with E-state index in [-0.39, 0.29) is 6.04 Å². The Kier molecular flexibility index (Phi) is 2.60. The standard InChI is InChI=1S/C8H9N2O/c1-7(10-6-11)8-4-2-3-5-9-8/h2-5,7H,1H3,(H,10,11). The van der Waals surface area contributed by atoms with Gasteiger partial charge in [-0.15, -0.1) is 0 Å². The fraction of sp³-hybridized carbons (Fsp3) is 0.250. The zero-order valence-electron chi connectivity index (χ0n) is 6.24. The molecule has 0 aliphatic carbocycles. The highest BCUT2D eigenvalue weighted by Crippen LogP contribution is 2.05. The minimum absolute atomic E-state index is 0.0614. The van der Waals surface area contributed by atoms with Crippen LogP contribution in [0.5, 0.6) is 0 Å². The van der Waals surface area contributed by atoms with Crippen LogP contribution < -0.4 is 5.32 Å². The van der Waals surface area contributed by atoms with E-state index in [1.54, 1.807) is 12.6 Å². The van der Waals surface area contributed by atoms with Gasteiger partial charge in [-0.2, -0.15) is 0 Å². The normalized spacial score (nSPS) is 12.1. The second-order valence-electron chi connectivity index (χ2n) is 2.22. The zero-order valence-corrected chi connectivity index (χ0v) is 6.24. The maximum Gasteiger partial charge on any atom is 0.309 e. The molecule has 1 N–H and O–H groups in total. The van der Waals surface area contributed by atoms with E-state index in [0.29, 0.717) is 0 Å². The molecule has 3 heteroatoms. The van der Waals surface area contributed by atoms with Gasteiger partial charge in [0.05, 0.1) is 11.7 Å². The van der Waals surface area contributed by atoms with Crippen molar-refractivity contribution in [3.8, 4) is 0 Å². The van der Waals surface area contributed by atoms with Crippen molar-refractivity contribution >= 4 is 6.41 Å². The molecule has 1 aromatic heterocycles. The predicted octanol–water partition coefficient (Wildman–Crippen LogP) is 0.799. The summed E-state index contributed by atoms with van der Waals surface area (Å²) in [5.41, 5.74) is 0.843. The van der Waals surface area contributed by atoms with Crippen LogP contribution in [-0.4, -0.2) is 11.4 Å². The van der Waals surface area contributed by atoms with E-state index in [2.05, 4.69) is 10.3 Å². The molecule has 0 aliphatic heterocycles. The summed E-state index contributed by atoms with van der Waals surface area (Å²) in [6, 6.07) is 5.51. The Bertz CT molecular complexity index is 223. The van der Waals surface area contributed by atoms with Crippen LogP contribution in [0.2, 0.25) is 0 Å². The van der Waals surface area contributed by atoms with Crippen LogP contribution in [0.15, 0.2) is 24.4 Å². The summed E-state index contributed by atoms with van der Waals surface area (Å²) in [6.45, 7) is 1.85. The van der Waals surface area contributed by atoms with Gasteiger partial charge in [0.2, 0.25) is 0 Å². The van der Waals surface area contributed by atoms with Gasteiger partial charge in [0.25, 0.3) is 0 Å². The Morgan fingerprint density at radius 3 is 3.00 bits per heavy atom. The Hall–Kier alpha value is -1.38. The van der Waals surface area contributed by atoms with Crippen molar-refractivity contribution in [2.24, 2.45) is 0 Å². The van der Waals surface area contributed by atoms with E-state index >= 15 is 0 Å². The Labute approximate surface area is 65.5 Å². The average molecular weight is 149 g/mol. The van der Waals surface area contributed by atoms with Gasteiger partial charge in [0.1, 0.15) is 0 Å². The van der Waals surface area contributed by atoms with Crippen LogP contribution in [0, 0.1) is 0 Å². The third-order valence-corrected chi connectivity index (χ3v) is 1.41. The number of pyridine rings is 1. The van der Waals surface area contributed by atoms with Gasteiger partial charge in [0, 0.05) is 6.20 Å². The smallest absolute Gasteiger partial charge is 0.309 e. The van der Waals surface area contributed by atoms with Crippen molar-refractivity contribution in [1.29, 1.82) is 0 Å². The first kappa shape index (κ1) is 7.72. The van der Waals surface area contributed by atoms with Crippen molar-refractivity contribution in [2.75, 3.05) is 0 Å². The van der Waals surface area contributed by atoms with Gasteiger partial charge in [-0.25, -0.2) is 0 Å². The van der Waals surface area contributed by atoms with Crippen LogP contribution in [0.4, 0.5) is 0 Å². The summed E-state index contributed by atoms with van der Waals surface area (Å²) in [4.78, 5) is 14.0. The summed E-state index contributed by atoms with van der Waals surface area (Å²) >= 11 is 0. The maximum absolute atomic E-state index is 9.92. The molecule has 1 radical (unpaired) electrons. The lowest BCUT2D eigenvalue weighted by Crippen LogP contribution is -2.16. The van der Waals surface area contributed by atoms with Crippen LogP contribution >= 0.6 is 0 Å². The minimum atomic E-state index is -0.0614. The van der Waals surface area contributed by atoms with E-state index in [0.717, 1.165) is 5.69 Å². The quantitative estimate of drug-likeness (QED) is 0.646. The molecule has 0 bridgehead atoms. The molecule has 0 saturated carbocycles. The molecule has 1 unspecified atom stereocenters. The highest BCUT2D eigenvalue weighted by atomic mass is 16.1. The SMILES string of the molecule is CC(N[C]=O)c1ccccn1. The molecule has 1 heterocycles. The number of carbonyl (C=O) groups excluding carboxylic acids is 1. The van der Waals surface area contributed by atoms with Crippen LogP contribution in [0.1, 0.15) is 18.7 Å². The third kappa shape index (κ3) is 2.04. The average Bonchev–Trinajstić information content (AvgIpc) is 2.07. The largest absolute Gasteiger partial charge is 0.340 e. The number of hydrogen-bond donors (Lipinski definition) is 1. The molecule has 0 aromatic carbocycles. The number of amides is 1. The van der Waals surface area contributed by atoms with E-state index < -0.39 is 0 Å². The highest BCUT2D eigenvalue weighted by molar-refractivity contribution is 5.48. The van der Waals surface area contributed by atoms with Crippen molar-refractivity contribution in [3.63, 3.8) is 0 Å². The molecule has 11 heavy (non-hydrogen) atoms. The number of aromatic nitrogens is 1. The second kappa shape index (κ2) is 3.71. The minimum Gasteiger partial charge on any atom is -0.340 e. The summed E-state index contributed by atoms with van der Waals surface area (Å²) in [5, 5.41) is 2.49. The molecule has 57 valence electrons. The first-order chi connectivity index (χ1) is 5.34. The van der Waals surface area contributed by atoms with Gasteiger partial charge in [0.15, 0.2) is 0 Å². The summed E-state index contributed by atoms with van der Waals surface area (Å²) < 4.78 is 0. The topological polar surface area (TPSA) is 42.0 Å². The van der Waals surface area contributed by atoms with Crippen molar-refractivity contribution < 1.29 is 4.79 Å². The molecule has 0 saturated heterocycles. The van der Waals surface area contributed by atoms with Gasteiger partial charge < -0.3 is 5.32 Å². The Morgan fingerprint density at radius 2 is 2.45 bits per heavy atom. The maximum atomic E-state index is 9.92.